The molecule has 1 unspecified atom stereocenters. The quantitative estimate of drug-likeness (QED) is 0.680. The van der Waals surface area contributed by atoms with Crippen molar-refractivity contribution in [3.05, 3.63) is 69.5 Å². The molecule has 1 saturated heterocycles. The summed E-state index contributed by atoms with van der Waals surface area (Å²) in [7, 11) is 0. The Labute approximate surface area is 175 Å². The number of likely N-dealkylation sites (tertiary alicyclic amines) is 1. The second-order valence-corrected chi connectivity index (χ2v) is 7.42. The van der Waals surface area contributed by atoms with Gasteiger partial charge in [-0.25, -0.2) is 0 Å². The molecule has 0 bridgehead atoms. The van der Waals surface area contributed by atoms with Gasteiger partial charge in [0.2, 0.25) is 0 Å². The molecule has 1 aliphatic rings. The number of halogens is 1. The SMILES string of the molecule is Cc1cc(C)c2oc(C(=O)NCC(c3ccco3)N3CCCC3)cc(=O)c2c1.Cl. The van der Waals surface area contributed by atoms with Gasteiger partial charge in [0.15, 0.2) is 11.2 Å². The predicted molar refractivity (Wildman–Crippen MR) is 114 cm³/mol. The summed E-state index contributed by atoms with van der Waals surface area (Å²) in [4.78, 5) is 27.5. The Morgan fingerprint density at radius 2 is 1.97 bits per heavy atom. The van der Waals surface area contributed by atoms with Crippen molar-refractivity contribution in [2.24, 2.45) is 0 Å². The van der Waals surface area contributed by atoms with Gasteiger partial charge in [0.1, 0.15) is 11.3 Å². The van der Waals surface area contributed by atoms with Crippen molar-refractivity contribution in [3.63, 3.8) is 0 Å². The highest BCUT2D eigenvalue weighted by Gasteiger charge is 2.26. The third-order valence-electron chi connectivity index (χ3n) is 5.29. The predicted octanol–water partition coefficient (Wildman–Crippen LogP) is 3.99. The van der Waals surface area contributed by atoms with Crippen molar-refractivity contribution in [2.75, 3.05) is 19.6 Å². The van der Waals surface area contributed by atoms with Crippen molar-refractivity contribution >= 4 is 29.3 Å². The number of hydrogen-bond acceptors (Lipinski definition) is 5. The van der Waals surface area contributed by atoms with Crippen molar-refractivity contribution in [2.45, 2.75) is 32.7 Å². The molecule has 2 aromatic heterocycles. The lowest BCUT2D eigenvalue weighted by Crippen LogP contribution is -2.36. The summed E-state index contributed by atoms with van der Waals surface area (Å²) in [5, 5.41) is 3.41. The van der Waals surface area contributed by atoms with Crippen molar-refractivity contribution in [1.82, 2.24) is 10.2 Å². The van der Waals surface area contributed by atoms with E-state index < -0.39 is 5.91 Å². The monoisotopic (exact) mass is 416 g/mol. The molecule has 154 valence electrons. The van der Waals surface area contributed by atoms with Crippen LogP contribution < -0.4 is 10.7 Å². The lowest BCUT2D eigenvalue weighted by atomic mass is 10.1. The minimum Gasteiger partial charge on any atom is -0.468 e. The zero-order chi connectivity index (χ0) is 19.7. The first kappa shape index (κ1) is 21.1. The van der Waals surface area contributed by atoms with Crippen LogP contribution in [0.5, 0.6) is 0 Å². The Bertz CT molecular complexity index is 1050. The molecule has 1 aliphatic heterocycles. The fourth-order valence-electron chi connectivity index (χ4n) is 3.94. The van der Waals surface area contributed by atoms with E-state index in [1.807, 2.05) is 32.0 Å². The largest absolute Gasteiger partial charge is 0.468 e. The zero-order valence-electron chi connectivity index (χ0n) is 16.6. The van der Waals surface area contributed by atoms with E-state index in [2.05, 4.69) is 10.2 Å². The first-order valence-electron chi connectivity index (χ1n) is 9.63. The van der Waals surface area contributed by atoms with Gasteiger partial charge in [0, 0.05) is 12.6 Å². The topological polar surface area (TPSA) is 75.7 Å². The first-order chi connectivity index (χ1) is 13.5. The lowest BCUT2D eigenvalue weighted by molar-refractivity contribution is 0.0906. The second kappa shape index (κ2) is 8.84. The van der Waals surface area contributed by atoms with Gasteiger partial charge in [-0.2, -0.15) is 0 Å². The van der Waals surface area contributed by atoms with E-state index >= 15 is 0 Å². The Morgan fingerprint density at radius 3 is 2.66 bits per heavy atom. The van der Waals surface area contributed by atoms with E-state index in [4.69, 9.17) is 8.83 Å². The highest BCUT2D eigenvalue weighted by molar-refractivity contribution is 5.93. The third kappa shape index (κ3) is 4.38. The molecule has 1 fully saturated rings. The fraction of sp³-hybridized carbons (Fsp3) is 0.364. The average molecular weight is 417 g/mol. The molecule has 3 aromatic rings. The van der Waals surface area contributed by atoms with E-state index in [9.17, 15) is 9.59 Å². The summed E-state index contributed by atoms with van der Waals surface area (Å²) < 4.78 is 11.4. The molecule has 0 spiro atoms. The van der Waals surface area contributed by atoms with Crippen LogP contribution in [0.2, 0.25) is 0 Å². The van der Waals surface area contributed by atoms with Gasteiger partial charge < -0.3 is 14.2 Å². The first-order valence-corrected chi connectivity index (χ1v) is 9.63. The Morgan fingerprint density at radius 1 is 1.21 bits per heavy atom. The van der Waals surface area contributed by atoms with Gasteiger partial charge in [-0.15, -0.1) is 12.4 Å². The molecule has 1 aromatic carbocycles. The maximum absolute atomic E-state index is 12.7. The number of carbonyl (C=O) groups is 1. The van der Waals surface area contributed by atoms with Crippen LogP contribution in [-0.2, 0) is 0 Å². The van der Waals surface area contributed by atoms with Crippen molar-refractivity contribution < 1.29 is 13.6 Å². The van der Waals surface area contributed by atoms with E-state index in [-0.39, 0.29) is 29.6 Å². The summed E-state index contributed by atoms with van der Waals surface area (Å²) in [6, 6.07) is 8.75. The average Bonchev–Trinajstić information content (AvgIpc) is 3.37. The van der Waals surface area contributed by atoms with Crippen molar-refractivity contribution in [1.29, 1.82) is 0 Å². The minimum absolute atomic E-state index is 0. The molecule has 3 heterocycles. The van der Waals surface area contributed by atoms with Crippen LogP contribution in [0.3, 0.4) is 0 Å². The molecular formula is C22H25ClN2O4. The van der Waals surface area contributed by atoms with Crippen LogP contribution in [0.25, 0.3) is 11.0 Å². The molecule has 0 radical (unpaired) electrons. The molecule has 1 amide bonds. The molecule has 1 atom stereocenters. The van der Waals surface area contributed by atoms with Crippen LogP contribution in [0.1, 0.15) is 46.3 Å². The van der Waals surface area contributed by atoms with E-state index in [0.717, 1.165) is 42.8 Å². The number of furan rings is 1. The maximum atomic E-state index is 12.7. The molecular weight excluding hydrogens is 392 g/mol. The molecule has 0 saturated carbocycles. The summed E-state index contributed by atoms with van der Waals surface area (Å²) >= 11 is 0. The number of fused-ring (bicyclic) bond motifs is 1. The van der Waals surface area contributed by atoms with E-state index in [1.54, 1.807) is 12.3 Å². The smallest absolute Gasteiger partial charge is 0.287 e. The summed E-state index contributed by atoms with van der Waals surface area (Å²) in [6.45, 7) is 6.15. The Hall–Kier alpha value is -2.57. The highest BCUT2D eigenvalue weighted by Crippen LogP contribution is 2.25. The van der Waals surface area contributed by atoms with E-state index in [0.29, 0.717) is 17.5 Å². The zero-order valence-corrected chi connectivity index (χ0v) is 17.4. The van der Waals surface area contributed by atoms with E-state index in [1.165, 1.54) is 6.07 Å². The van der Waals surface area contributed by atoms with Crippen LogP contribution in [0.15, 0.2) is 50.2 Å². The standard InChI is InChI=1S/C22H24N2O4.ClH/c1-14-10-15(2)21-16(11-14)18(25)12-20(28-21)22(26)23-13-17(19-6-5-9-27-19)24-7-3-4-8-24;/h5-6,9-12,17H,3-4,7-8,13H2,1-2H3,(H,23,26);1H. The Kier molecular flexibility index (Phi) is 6.45. The number of carbonyl (C=O) groups excluding carboxylic acids is 1. The summed E-state index contributed by atoms with van der Waals surface area (Å²) in [5.74, 6) is 0.465. The lowest BCUT2D eigenvalue weighted by Gasteiger charge is -2.25. The van der Waals surface area contributed by atoms with Gasteiger partial charge in [-0.3, -0.25) is 14.5 Å². The van der Waals surface area contributed by atoms with Crippen LogP contribution in [-0.4, -0.2) is 30.4 Å². The maximum Gasteiger partial charge on any atom is 0.287 e. The van der Waals surface area contributed by atoms with Gasteiger partial charge in [0.05, 0.1) is 17.7 Å². The molecule has 6 nitrogen and oxygen atoms in total. The van der Waals surface area contributed by atoms with Crippen LogP contribution in [0.4, 0.5) is 0 Å². The van der Waals surface area contributed by atoms with Crippen LogP contribution >= 0.6 is 12.4 Å². The third-order valence-corrected chi connectivity index (χ3v) is 5.29. The summed E-state index contributed by atoms with van der Waals surface area (Å²) in [6.07, 6.45) is 3.93. The van der Waals surface area contributed by atoms with Crippen molar-refractivity contribution in [3.8, 4) is 0 Å². The second-order valence-electron chi connectivity index (χ2n) is 7.42. The number of nitrogens with one attached hydrogen (secondary N) is 1. The van der Waals surface area contributed by atoms with Gasteiger partial charge in [0.25, 0.3) is 5.91 Å². The molecule has 0 aliphatic carbocycles. The van der Waals surface area contributed by atoms with Gasteiger partial charge >= 0.3 is 0 Å². The summed E-state index contributed by atoms with van der Waals surface area (Å²) in [5.41, 5.74) is 2.08. The number of amides is 1. The Balaban J connectivity index is 0.00000240. The van der Waals surface area contributed by atoms with Gasteiger partial charge in [-0.05, 0) is 69.1 Å². The number of rotatable bonds is 5. The molecule has 4 rings (SSSR count). The van der Waals surface area contributed by atoms with Crippen LogP contribution in [0, 0.1) is 13.8 Å². The number of aryl methyl sites for hydroxylation is 2. The molecule has 7 heteroatoms. The van der Waals surface area contributed by atoms with Gasteiger partial charge in [-0.1, -0.05) is 6.07 Å². The number of benzene rings is 1. The molecule has 1 N–H and O–H groups in total. The number of nitrogens with zero attached hydrogens (tertiary/aromatic N) is 1. The highest BCUT2D eigenvalue weighted by atomic mass is 35.5. The minimum atomic E-state index is -0.394. The normalized spacial score (nSPS) is 15.2. The fourth-order valence-corrected chi connectivity index (χ4v) is 3.94. The number of hydrogen-bond donors (Lipinski definition) is 1. The molecule has 29 heavy (non-hydrogen) atoms.